The van der Waals surface area contributed by atoms with Crippen molar-refractivity contribution in [3.8, 4) is 0 Å². The Morgan fingerprint density at radius 3 is 2.86 bits per heavy atom. The molecule has 0 aliphatic heterocycles. The van der Waals surface area contributed by atoms with Crippen LogP contribution in [0.15, 0.2) is 47.9 Å². The monoisotopic (exact) mass is 313 g/mol. The fraction of sp³-hybridized carbons (Fsp3) is 0.353. The molecule has 1 heterocycles. The molecule has 0 N–H and O–H groups in total. The van der Waals surface area contributed by atoms with Gasteiger partial charge in [0.2, 0.25) is 5.91 Å². The van der Waals surface area contributed by atoms with Crippen LogP contribution in [-0.4, -0.2) is 33.6 Å². The highest BCUT2D eigenvalue weighted by atomic mass is 32.2. The Bertz CT molecular complexity index is 647. The molecule has 1 aromatic heterocycles. The van der Waals surface area contributed by atoms with E-state index in [0.29, 0.717) is 10.9 Å². The third-order valence-corrected chi connectivity index (χ3v) is 4.93. The van der Waals surface area contributed by atoms with Crippen LogP contribution in [0.1, 0.15) is 30.0 Å². The van der Waals surface area contributed by atoms with Crippen LogP contribution in [0.4, 0.5) is 0 Å². The lowest BCUT2D eigenvalue weighted by Gasteiger charge is -2.33. The van der Waals surface area contributed by atoms with E-state index in [2.05, 4.69) is 34.2 Å². The molecule has 1 aromatic carbocycles. The molecule has 1 aliphatic rings. The molecule has 1 amide bonds. The third kappa shape index (κ3) is 3.30. The summed E-state index contributed by atoms with van der Waals surface area (Å²) in [5.74, 6) is 0.498. The zero-order chi connectivity index (χ0) is 15.4. The van der Waals surface area contributed by atoms with Crippen molar-refractivity contribution in [3.05, 3.63) is 53.9 Å². The summed E-state index contributed by atoms with van der Waals surface area (Å²) < 4.78 is 0. The van der Waals surface area contributed by atoms with Crippen LogP contribution in [-0.2, 0) is 11.2 Å². The Morgan fingerprint density at radius 1 is 1.27 bits per heavy atom. The second-order valence-electron chi connectivity index (χ2n) is 5.43. The summed E-state index contributed by atoms with van der Waals surface area (Å²) in [6, 6.07) is 10.4. The summed E-state index contributed by atoms with van der Waals surface area (Å²) in [6.45, 7) is 0. The standard InChI is InChI=1S/C17H19N3OS/c1-20(16(21)12-22-17-18-10-5-11-19-17)15-9-4-7-13-6-2-3-8-14(13)15/h2-3,5-6,8,10-11,15H,4,7,9,12H2,1H3/t15-/m0/s1. The number of fused-ring (bicyclic) bond motifs is 1. The highest BCUT2D eigenvalue weighted by molar-refractivity contribution is 7.99. The highest BCUT2D eigenvalue weighted by Gasteiger charge is 2.26. The van der Waals surface area contributed by atoms with Crippen LogP contribution in [0.2, 0.25) is 0 Å². The van der Waals surface area contributed by atoms with E-state index in [9.17, 15) is 4.79 Å². The summed E-state index contributed by atoms with van der Waals surface area (Å²) in [7, 11) is 1.90. The largest absolute Gasteiger partial charge is 0.338 e. The average molecular weight is 313 g/mol. The number of hydrogen-bond acceptors (Lipinski definition) is 4. The molecule has 3 rings (SSSR count). The van der Waals surface area contributed by atoms with E-state index in [4.69, 9.17) is 0 Å². The van der Waals surface area contributed by atoms with Crippen LogP contribution in [0.5, 0.6) is 0 Å². The van der Waals surface area contributed by atoms with Gasteiger partial charge in [-0.2, -0.15) is 0 Å². The lowest BCUT2D eigenvalue weighted by molar-refractivity contribution is -0.129. The average Bonchev–Trinajstić information content (AvgIpc) is 2.59. The van der Waals surface area contributed by atoms with E-state index in [1.54, 1.807) is 18.5 Å². The first-order chi connectivity index (χ1) is 10.8. The summed E-state index contributed by atoms with van der Waals surface area (Å²) >= 11 is 1.39. The maximum absolute atomic E-state index is 12.5. The number of rotatable bonds is 4. The second kappa shape index (κ2) is 6.92. The van der Waals surface area contributed by atoms with E-state index < -0.39 is 0 Å². The first kappa shape index (κ1) is 15.0. The van der Waals surface area contributed by atoms with Gasteiger partial charge in [0.25, 0.3) is 0 Å². The van der Waals surface area contributed by atoms with E-state index in [1.807, 2.05) is 11.9 Å². The van der Waals surface area contributed by atoms with Crippen molar-refractivity contribution in [1.82, 2.24) is 14.9 Å². The van der Waals surface area contributed by atoms with Crippen LogP contribution in [0.3, 0.4) is 0 Å². The smallest absolute Gasteiger partial charge is 0.233 e. The van der Waals surface area contributed by atoms with Gasteiger partial charge in [-0.3, -0.25) is 4.79 Å². The predicted molar refractivity (Wildman–Crippen MR) is 87.6 cm³/mol. The van der Waals surface area contributed by atoms with Gasteiger partial charge in [-0.05, 0) is 36.5 Å². The number of hydrogen-bond donors (Lipinski definition) is 0. The van der Waals surface area contributed by atoms with Crippen molar-refractivity contribution in [2.75, 3.05) is 12.8 Å². The van der Waals surface area contributed by atoms with Gasteiger partial charge in [0.1, 0.15) is 0 Å². The molecule has 1 aliphatic carbocycles. The molecule has 2 aromatic rings. The Balaban J connectivity index is 1.66. The minimum atomic E-state index is 0.124. The van der Waals surface area contributed by atoms with E-state index in [-0.39, 0.29) is 11.9 Å². The zero-order valence-electron chi connectivity index (χ0n) is 12.6. The normalized spacial score (nSPS) is 16.9. The third-order valence-electron chi connectivity index (χ3n) is 4.07. The number of carbonyl (C=O) groups is 1. The lowest BCUT2D eigenvalue weighted by atomic mass is 9.87. The number of aryl methyl sites for hydroxylation is 1. The molecule has 4 nitrogen and oxygen atoms in total. The number of carbonyl (C=O) groups excluding carboxylic acids is 1. The fourth-order valence-electron chi connectivity index (χ4n) is 2.89. The number of thioether (sulfide) groups is 1. The number of amides is 1. The quantitative estimate of drug-likeness (QED) is 0.643. The molecule has 0 fully saturated rings. The molecule has 0 bridgehead atoms. The summed E-state index contributed by atoms with van der Waals surface area (Å²) in [4.78, 5) is 22.6. The maximum Gasteiger partial charge on any atom is 0.233 e. The van der Waals surface area contributed by atoms with Crippen molar-refractivity contribution >= 4 is 17.7 Å². The Morgan fingerprint density at radius 2 is 2.05 bits per heavy atom. The molecule has 0 saturated heterocycles. The Labute approximate surface area is 135 Å². The molecule has 0 radical (unpaired) electrons. The van der Waals surface area contributed by atoms with Crippen molar-refractivity contribution in [1.29, 1.82) is 0 Å². The van der Waals surface area contributed by atoms with Crippen LogP contribution >= 0.6 is 11.8 Å². The van der Waals surface area contributed by atoms with Gasteiger partial charge in [0.05, 0.1) is 11.8 Å². The summed E-state index contributed by atoms with van der Waals surface area (Å²) in [6.07, 6.45) is 6.67. The predicted octanol–water partition coefficient (Wildman–Crippen LogP) is 3.10. The first-order valence-electron chi connectivity index (χ1n) is 7.49. The molecule has 0 spiro atoms. The molecular formula is C17H19N3OS. The molecule has 5 heteroatoms. The Kier molecular flexibility index (Phi) is 4.73. The maximum atomic E-state index is 12.5. The van der Waals surface area contributed by atoms with E-state index in [0.717, 1.165) is 19.3 Å². The van der Waals surface area contributed by atoms with Crippen LogP contribution in [0.25, 0.3) is 0 Å². The van der Waals surface area contributed by atoms with Crippen molar-refractivity contribution in [2.24, 2.45) is 0 Å². The van der Waals surface area contributed by atoms with Gasteiger partial charge < -0.3 is 4.90 Å². The summed E-state index contributed by atoms with van der Waals surface area (Å²) in [5, 5.41) is 0.647. The zero-order valence-corrected chi connectivity index (χ0v) is 13.4. The van der Waals surface area contributed by atoms with Gasteiger partial charge in [-0.25, -0.2) is 9.97 Å². The number of benzene rings is 1. The lowest BCUT2D eigenvalue weighted by Crippen LogP contribution is -2.34. The molecule has 0 unspecified atom stereocenters. The number of nitrogens with zero attached hydrogens (tertiary/aromatic N) is 3. The van der Waals surface area contributed by atoms with Gasteiger partial charge in [-0.1, -0.05) is 36.0 Å². The molecule has 1 atom stereocenters. The van der Waals surface area contributed by atoms with Crippen molar-refractivity contribution < 1.29 is 4.79 Å². The van der Waals surface area contributed by atoms with Crippen molar-refractivity contribution in [2.45, 2.75) is 30.5 Å². The van der Waals surface area contributed by atoms with Gasteiger partial charge in [0, 0.05) is 19.4 Å². The Hall–Kier alpha value is -1.88. The minimum absolute atomic E-state index is 0.124. The van der Waals surface area contributed by atoms with Gasteiger partial charge >= 0.3 is 0 Å². The van der Waals surface area contributed by atoms with E-state index >= 15 is 0 Å². The SMILES string of the molecule is CN(C(=O)CSc1ncccn1)[C@H]1CCCc2ccccc21. The number of aromatic nitrogens is 2. The molecule has 22 heavy (non-hydrogen) atoms. The first-order valence-corrected chi connectivity index (χ1v) is 8.47. The highest BCUT2D eigenvalue weighted by Crippen LogP contribution is 2.33. The van der Waals surface area contributed by atoms with Crippen LogP contribution in [0, 0.1) is 0 Å². The fourth-order valence-corrected chi connectivity index (χ4v) is 3.62. The van der Waals surface area contributed by atoms with Crippen LogP contribution < -0.4 is 0 Å². The molecular weight excluding hydrogens is 294 g/mol. The second-order valence-corrected chi connectivity index (χ2v) is 6.37. The van der Waals surface area contributed by atoms with Gasteiger partial charge in [-0.15, -0.1) is 0 Å². The van der Waals surface area contributed by atoms with E-state index in [1.165, 1.54) is 22.9 Å². The molecule has 0 saturated carbocycles. The minimum Gasteiger partial charge on any atom is -0.338 e. The van der Waals surface area contributed by atoms with Gasteiger partial charge in [0.15, 0.2) is 5.16 Å². The van der Waals surface area contributed by atoms with Crippen molar-refractivity contribution in [3.63, 3.8) is 0 Å². The summed E-state index contributed by atoms with van der Waals surface area (Å²) in [5.41, 5.74) is 2.67. The molecule has 114 valence electrons. The topological polar surface area (TPSA) is 46.1 Å².